The largest absolute Gasteiger partial charge is 0.429 e. The van der Waals surface area contributed by atoms with Crippen molar-refractivity contribution in [2.45, 2.75) is 32.8 Å². The lowest BCUT2D eigenvalue weighted by Gasteiger charge is -2.19. The molecule has 0 heterocycles. The summed E-state index contributed by atoms with van der Waals surface area (Å²) in [5.41, 5.74) is 1.37. The molecule has 0 unspecified atom stereocenters. The summed E-state index contributed by atoms with van der Waals surface area (Å²) in [7, 11) is 0. The zero-order valence-electron chi connectivity index (χ0n) is 14.2. The van der Waals surface area contributed by atoms with Gasteiger partial charge in [-0.15, -0.1) is 0 Å². The number of halogens is 3. The Morgan fingerprint density at radius 2 is 1.56 bits per heavy atom. The van der Waals surface area contributed by atoms with E-state index >= 15 is 0 Å². The van der Waals surface area contributed by atoms with Gasteiger partial charge in [0.15, 0.2) is 0 Å². The van der Waals surface area contributed by atoms with Crippen LogP contribution in [0.2, 0.25) is 0 Å². The summed E-state index contributed by atoms with van der Waals surface area (Å²) in [6.45, 7) is 3.83. The number of aryl methyl sites for hydroxylation is 2. The average Bonchev–Trinajstić information content (AvgIpc) is 2.60. The van der Waals surface area contributed by atoms with E-state index in [2.05, 4.69) is 0 Å². The Morgan fingerprint density at radius 3 is 2.20 bits per heavy atom. The first-order valence-corrected chi connectivity index (χ1v) is 8.31. The second kappa shape index (κ2) is 6.79. The Balaban J connectivity index is 1.90. The molecule has 0 radical (unpaired) electrons. The Bertz CT molecular complexity index is 886. The van der Waals surface area contributed by atoms with Gasteiger partial charge < -0.3 is 4.74 Å². The second-order valence-electron chi connectivity index (χ2n) is 5.98. The zero-order valence-corrected chi connectivity index (χ0v) is 14.2. The Labute approximate surface area is 145 Å². The van der Waals surface area contributed by atoms with Crippen LogP contribution in [0.5, 0.6) is 5.75 Å². The predicted molar refractivity (Wildman–Crippen MR) is 93.6 cm³/mol. The molecular weight excluding hydrogens is 325 g/mol. The standard InChI is InChI=1S/C21H19F3O/c1-3-14-5-8-18(9-6-14)21(23,24)25-19-10-7-16-11-15(4-2)20(22)13-17(16)12-19/h5-13H,3-4H2,1-2H3. The predicted octanol–water partition coefficient (Wildman–Crippen LogP) is 6.23. The monoisotopic (exact) mass is 344 g/mol. The van der Waals surface area contributed by atoms with E-state index in [0.29, 0.717) is 17.4 Å². The van der Waals surface area contributed by atoms with Crippen LogP contribution in [0.15, 0.2) is 54.6 Å². The molecule has 0 bridgehead atoms. The van der Waals surface area contributed by atoms with E-state index in [0.717, 1.165) is 17.4 Å². The maximum absolute atomic E-state index is 14.4. The topological polar surface area (TPSA) is 9.23 Å². The fourth-order valence-corrected chi connectivity index (χ4v) is 2.77. The molecule has 0 saturated carbocycles. The van der Waals surface area contributed by atoms with Crippen LogP contribution in [0.1, 0.15) is 30.5 Å². The minimum Gasteiger partial charge on any atom is -0.429 e. The zero-order chi connectivity index (χ0) is 18.0. The van der Waals surface area contributed by atoms with E-state index in [4.69, 9.17) is 4.74 Å². The number of hydrogen-bond acceptors (Lipinski definition) is 1. The fourth-order valence-electron chi connectivity index (χ4n) is 2.77. The lowest BCUT2D eigenvalue weighted by molar-refractivity contribution is -0.185. The van der Waals surface area contributed by atoms with E-state index in [1.54, 1.807) is 24.3 Å². The van der Waals surface area contributed by atoms with Gasteiger partial charge in [0.1, 0.15) is 11.6 Å². The van der Waals surface area contributed by atoms with Crippen LogP contribution in [0, 0.1) is 5.82 Å². The fraction of sp³-hybridized carbons (Fsp3) is 0.238. The van der Waals surface area contributed by atoms with Crippen LogP contribution in [-0.2, 0) is 19.0 Å². The number of alkyl halides is 2. The maximum Gasteiger partial charge on any atom is 0.426 e. The number of benzene rings is 3. The summed E-state index contributed by atoms with van der Waals surface area (Å²) in [4.78, 5) is 0. The summed E-state index contributed by atoms with van der Waals surface area (Å²) in [6.07, 6.45) is -2.10. The van der Waals surface area contributed by atoms with Crippen LogP contribution in [0.4, 0.5) is 13.2 Å². The molecule has 3 rings (SSSR count). The van der Waals surface area contributed by atoms with Gasteiger partial charge in [0, 0.05) is 0 Å². The Morgan fingerprint density at radius 1 is 0.840 bits per heavy atom. The van der Waals surface area contributed by atoms with Crippen molar-refractivity contribution in [2.24, 2.45) is 0 Å². The molecule has 130 valence electrons. The molecule has 0 spiro atoms. The van der Waals surface area contributed by atoms with Gasteiger partial charge in [0.05, 0.1) is 5.56 Å². The van der Waals surface area contributed by atoms with Crippen molar-refractivity contribution in [3.8, 4) is 5.75 Å². The average molecular weight is 344 g/mol. The van der Waals surface area contributed by atoms with Crippen molar-refractivity contribution in [1.29, 1.82) is 0 Å². The minimum absolute atomic E-state index is 0.000663. The molecular formula is C21H19F3O. The highest BCUT2D eigenvalue weighted by atomic mass is 19.3. The van der Waals surface area contributed by atoms with Gasteiger partial charge >= 0.3 is 6.11 Å². The molecule has 0 N–H and O–H groups in total. The number of ether oxygens (including phenoxy) is 1. The maximum atomic E-state index is 14.4. The van der Waals surface area contributed by atoms with E-state index in [-0.39, 0.29) is 17.1 Å². The summed E-state index contributed by atoms with van der Waals surface area (Å²) in [5, 5.41) is 1.32. The third-order valence-electron chi connectivity index (χ3n) is 4.30. The molecule has 25 heavy (non-hydrogen) atoms. The van der Waals surface area contributed by atoms with E-state index in [1.165, 1.54) is 30.3 Å². The molecule has 0 fully saturated rings. The van der Waals surface area contributed by atoms with Crippen LogP contribution in [0.25, 0.3) is 10.8 Å². The smallest absolute Gasteiger partial charge is 0.426 e. The lowest BCUT2D eigenvalue weighted by atomic mass is 10.0. The van der Waals surface area contributed by atoms with E-state index < -0.39 is 6.11 Å². The van der Waals surface area contributed by atoms with Crippen molar-refractivity contribution >= 4 is 10.8 Å². The van der Waals surface area contributed by atoms with Crippen molar-refractivity contribution in [1.82, 2.24) is 0 Å². The van der Waals surface area contributed by atoms with Gasteiger partial charge in [0.25, 0.3) is 0 Å². The van der Waals surface area contributed by atoms with Crippen LogP contribution in [-0.4, -0.2) is 0 Å². The highest BCUT2D eigenvalue weighted by Crippen LogP contribution is 2.33. The van der Waals surface area contributed by atoms with Gasteiger partial charge in [-0.25, -0.2) is 4.39 Å². The van der Waals surface area contributed by atoms with Crippen molar-refractivity contribution < 1.29 is 17.9 Å². The molecule has 3 aromatic rings. The second-order valence-corrected chi connectivity index (χ2v) is 5.98. The Hall–Kier alpha value is -2.49. The minimum atomic E-state index is -3.46. The van der Waals surface area contributed by atoms with Gasteiger partial charge in [-0.05, 0) is 71.1 Å². The lowest BCUT2D eigenvalue weighted by Crippen LogP contribution is -2.21. The summed E-state index contributed by atoms with van der Waals surface area (Å²) in [5.74, 6) is -0.338. The first-order chi connectivity index (χ1) is 11.9. The first kappa shape index (κ1) is 17.3. The summed E-state index contributed by atoms with van der Waals surface area (Å²) < 4.78 is 47.6. The normalized spacial score (nSPS) is 11.7. The van der Waals surface area contributed by atoms with Crippen LogP contribution in [0.3, 0.4) is 0 Å². The van der Waals surface area contributed by atoms with Gasteiger partial charge in [-0.1, -0.05) is 32.0 Å². The Kier molecular flexibility index (Phi) is 4.71. The highest BCUT2D eigenvalue weighted by molar-refractivity contribution is 5.84. The van der Waals surface area contributed by atoms with Crippen molar-refractivity contribution in [2.75, 3.05) is 0 Å². The first-order valence-electron chi connectivity index (χ1n) is 8.31. The van der Waals surface area contributed by atoms with Crippen molar-refractivity contribution in [3.63, 3.8) is 0 Å². The molecule has 4 heteroatoms. The quantitative estimate of drug-likeness (QED) is 0.533. The third kappa shape index (κ3) is 3.63. The van der Waals surface area contributed by atoms with E-state index in [1.807, 2.05) is 13.8 Å². The number of fused-ring (bicyclic) bond motifs is 1. The molecule has 0 aromatic heterocycles. The van der Waals surface area contributed by atoms with Gasteiger partial charge in [-0.3, -0.25) is 0 Å². The molecule has 0 aliphatic carbocycles. The molecule has 0 aliphatic rings. The molecule has 1 nitrogen and oxygen atoms in total. The molecule has 3 aromatic carbocycles. The number of hydrogen-bond donors (Lipinski definition) is 0. The van der Waals surface area contributed by atoms with Crippen LogP contribution >= 0.6 is 0 Å². The van der Waals surface area contributed by atoms with Crippen molar-refractivity contribution in [3.05, 3.63) is 77.1 Å². The third-order valence-corrected chi connectivity index (χ3v) is 4.30. The molecule has 0 amide bonds. The SMILES string of the molecule is CCc1ccc(C(F)(F)Oc2ccc3cc(CC)c(F)cc3c2)cc1. The van der Waals surface area contributed by atoms with Gasteiger partial charge in [0.2, 0.25) is 0 Å². The molecule has 0 saturated heterocycles. The number of rotatable bonds is 5. The summed E-state index contributed by atoms with van der Waals surface area (Å²) >= 11 is 0. The van der Waals surface area contributed by atoms with Crippen LogP contribution < -0.4 is 4.74 Å². The molecule has 0 aliphatic heterocycles. The molecule has 0 atom stereocenters. The highest BCUT2D eigenvalue weighted by Gasteiger charge is 2.34. The van der Waals surface area contributed by atoms with E-state index in [9.17, 15) is 13.2 Å². The van der Waals surface area contributed by atoms with Gasteiger partial charge in [-0.2, -0.15) is 8.78 Å². The summed E-state index contributed by atoms with van der Waals surface area (Å²) in [6, 6.07) is 13.7.